The largest absolute Gasteiger partial charge is 0.354 e. The van der Waals surface area contributed by atoms with Gasteiger partial charge in [-0.1, -0.05) is 36.6 Å². The molecule has 0 unspecified atom stereocenters. The Balaban J connectivity index is 0.00000161. The number of halogens is 2. The van der Waals surface area contributed by atoms with Crippen molar-refractivity contribution in [1.29, 1.82) is 0 Å². The lowest BCUT2D eigenvalue weighted by atomic mass is 9.78. The third-order valence-electron chi connectivity index (χ3n) is 4.83. The molecule has 1 aromatic rings. The predicted molar refractivity (Wildman–Crippen MR) is 88.0 cm³/mol. The first kappa shape index (κ1) is 16.6. The van der Waals surface area contributed by atoms with E-state index in [0.29, 0.717) is 6.54 Å². The van der Waals surface area contributed by atoms with Crippen molar-refractivity contribution in [1.82, 2.24) is 5.32 Å². The van der Waals surface area contributed by atoms with Gasteiger partial charge in [0, 0.05) is 17.0 Å². The van der Waals surface area contributed by atoms with Crippen molar-refractivity contribution in [2.75, 3.05) is 6.54 Å². The quantitative estimate of drug-likeness (QED) is 0.891. The average Bonchev–Trinajstić information content (AvgIpc) is 3.02. The van der Waals surface area contributed by atoms with Crippen LogP contribution in [0.25, 0.3) is 0 Å². The van der Waals surface area contributed by atoms with E-state index in [4.69, 9.17) is 17.3 Å². The van der Waals surface area contributed by atoms with E-state index < -0.39 is 5.54 Å². The molecule has 116 valence electrons. The minimum atomic E-state index is -0.589. The lowest BCUT2D eigenvalue weighted by Gasteiger charge is -2.30. The zero-order chi connectivity index (χ0) is 14.2. The van der Waals surface area contributed by atoms with E-state index in [1.165, 1.54) is 18.4 Å². The molecule has 5 heteroatoms. The van der Waals surface area contributed by atoms with Crippen LogP contribution in [0.5, 0.6) is 0 Å². The summed E-state index contributed by atoms with van der Waals surface area (Å²) in [7, 11) is 0. The highest BCUT2D eigenvalue weighted by molar-refractivity contribution is 6.30. The van der Waals surface area contributed by atoms with Gasteiger partial charge in [-0.25, -0.2) is 0 Å². The van der Waals surface area contributed by atoms with Crippen molar-refractivity contribution in [3.05, 3.63) is 34.9 Å². The maximum Gasteiger partial charge on any atom is 0.240 e. The Labute approximate surface area is 137 Å². The summed E-state index contributed by atoms with van der Waals surface area (Å²) in [6.45, 7) is 0.672. The van der Waals surface area contributed by atoms with Gasteiger partial charge in [-0.05, 0) is 43.4 Å². The van der Waals surface area contributed by atoms with Crippen LogP contribution in [0, 0.1) is 0 Å². The van der Waals surface area contributed by atoms with Gasteiger partial charge < -0.3 is 11.1 Å². The van der Waals surface area contributed by atoms with E-state index in [9.17, 15) is 4.79 Å². The first-order valence-electron chi connectivity index (χ1n) is 7.37. The van der Waals surface area contributed by atoms with Gasteiger partial charge in [0.15, 0.2) is 0 Å². The molecule has 0 spiro atoms. The monoisotopic (exact) mass is 328 g/mol. The predicted octanol–water partition coefficient (Wildman–Crippen LogP) is 3.18. The van der Waals surface area contributed by atoms with Crippen molar-refractivity contribution >= 4 is 29.9 Å². The number of nitrogens with one attached hydrogen (secondary N) is 1. The first-order valence-corrected chi connectivity index (χ1v) is 7.75. The highest BCUT2D eigenvalue weighted by atomic mass is 35.5. The minimum absolute atomic E-state index is 0. The molecule has 0 bridgehead atoms. The molecular formula is C16H22Cl2N2O. The molecule has 0 atom stereocenters. The number of rotatable bonds is 4. The van der Waals surface area contributed by atoms with Crippen LogP contribution in [0.3, 0.4) is 0 Å². The summed E-state index contributed by atoms with van der Waals surface area (Å²) in [5, 5.41) is 3.84. The SMILES string of the molecule is Cl.NC1(C(=O)NCC2(c3cccc(Cl)c3)CCCC2)CC1. The van der Waals surface area contributed by atoms with Crippen LogP contribution < -0.4 is 11.1 Å². The molecule has 3 rings (SSSR count). The van der Waals surface area contributed by atoms with E-state index in [-0.39, 0.29) is 23.7 Å². The van der Waals surface area contributed by atoms with Crippen molar-refractivity contribution in [3.8, 4) is 0 Å². The van der Waals surface area contributed by atoms with Gasteiger partial charge in [0.05, 0.1) is 5.54 Å². The van der Waals surface area contributed by atoms with E-state index in [0.717, 1.165) is 30.7 Å². The normalized spacial score (nSPS) is 21.4. The van der Waals surface area contributed by atoms with E-state index in [1.807, 2.05) is 18.2 Å². The van der Waals surface area contributed by atoms with Crippen molar-refractivity contribution < 1.29 is 4.79 Å². The number of carbonyl (C=O) groups excluding carboxylic acids is 1. The molecular weight excluding hydrogens is 307 g/mol. The number of hydrogen-bond donors (Lipinski definition) is 2. The fourth-order valence-corrected chi connectivity index (χ4v) is 3.42. The molecule has 2 saturated carbocycles. The van der Waals surface area contributed by atoms with E-state index in [2.05, 4.69) is 11.4 Å². The lowest BCUT2D eigenvalue weighted by molar-refractivity contribution is -0.123. The van der Waals surface area contributed by atoms with E-state index >= 15 is 0 Å². The first-order chi connectivity index (χ1) is 9.54. The fourth-order valence-electron chi connectivity index (χ4n) is 3.22. The van der Waals surface area contributed by atoms with Gasteiger partial charge in [0.25, 0.3) is 0 Å². The van der Waals surface area contributed by atoms with Crippen molar-refractivity contribution in [3.63, 3.8) is 0 Å². The van der Waals surface area contributed by atoms with Crippen LogP contribution in [0.2, 0.25) is 5.02 Å². The Bertz CT molecular complexity index is 523. The van der Waals surface area contributed by atoms with E-state index in [1.54, 1.807) is 0 Å². The molecule has 0 aliphatic heterocycles. The van der Waals surface area contributed by atoms with Crippen LogP contribution in [0.15, 0.2) is 24.3 Å². The Morgan fingerprint density at radius 1 is 1.24 bits per heavy atom. The number of carbonyl (C=O) groups is 1. The molecule has 2 fully saturated rings. The molecule has 2 aliphatic rings. The maximum absolute atomic E-state index is 12.1. The summed E-state index contributed by atoms with van der Waals surface area (Å²) in [6.07, 6.45) is 6.23. The molecule has 3 nitrogen and oxygen atoms in total. The van der Waals surface area contributed by atoms with Crippen LogP contribution in [0.1, 0.15) is 44.1 Å². The smallest absolute Gasteiger partial charge is 0.240 e. The summed E-state index contributed by atoms with van der Waals surface area (Å²) in [4.78, 5) is 12.1. The van der Waals surface area contributed by atoms with Gasteiger partial charge in [-0.15, -0.1) is 12.4 Å². The summed E-state index contributed by atoms with van der Waals surface area (Å²) in [5.74, 6) is 0.00537. The maximum atomic E-state index is 12.1. The summed E-state index contributed by atoms with van der Waals surface area (Å²) < 4.78 is 0. The molecule has 3 N–H and O–H groups in total. The minimum Gasteiger partial charge on any atom is -0.354 e. The Kier molecular flexibility index (Phi) is 4.86. The second kappa shape index (κ2) is 6.15. The molecule has 0 heterocycles. The number of benzene rings is 1. The molecule has 0 aromatic heterocycles. The third-order valence-corrected chi connectivity index (χ3v) is 5.06. The fraction of sp³-hybridized carbons (Fsp3) is 0.562. The second-order valence-electron chi connectivity index (χ2n) is 6.34. The number of hydrogen-bond acceptors (Lipinski definition) is 2. The average molecular weight is 329 g/mol. The van der Waals surface area contributed by atoms with Crippen LogP contribution >= 0.6 is 24.0 Å². The van der Waals surface area contributed by atoms with Gasteiger partial charge in [-0.3, -0.25) is 4.79 Å². The van der Waals surface area contributed by atoms with Crippen molar-refractivity contribution in [2.24, 2.45) is 5.73 Å². The highest BCUT2D eigenvalue weighted by Gasteiger charge is 2.47. The zero-order valence-electron chi connectivity index (χ0n) is 12.0. The molecule has 1 aromatic carbocycles. The molecule has 2 aliphatic carbocycles. The van der Waals surface area contributed by atoms with Crippen LogP contribution in [-0.2, 0) is 10.2 Å². The zero-order valence-corrected chi connectivity index (χ0v) is 13.6. The molecule has 21 heavy (non-hydrogen) atoms. The Morgan fingerprint density at radius 2 is 1.90 bits per heavy atom. The molecule has 1 amide bonds. The molecule has 0 radical (unpaired) electrons. The molecule has 0 saturated heterocycles. The summed E-state index contributed by atoms with van der Waals surface area (Å²) in [6, 6.07) is 8.04. The van der Waals surface area contributed by atoms with Gasteiger partial charge >= 0.3 is 0 Å². The van der Waals surface area contributed by atoms with Gasteiger partial charge in [0.1, 0.15) is 0 Å². The van der Waals surface area contributed by atoms with Crippen molar-refractivity contribution in [2.45, 2.75) is 49.5 Å². The number of amides is 1. The topological polar surface area (TPSA) is 55.1 Å². The van der Waals surface area contributed by atoms with Crippen LogP contribution in [-0.4, -0.2) is 18.0 Å². The summed E-state index contributed by atoms with van der Waals surface area (Å²) >= 11 is 6.12. The standard InChI is InChI=1S/C16H21ClN2O.ClH/c17-13-5-3-4-12(10-13)15(6-1-2-7-15)11-19-14(20)16(18)8-9-16;/h3-5,10H,1-2,6-9,11,18H2,(H,19,20);1H. The number of nitrogens with two attached hydrogens (primary N) is 1. The third kappa shape index (κ3) is 3.36. The van der Waals surface area contributed by atoms with Gasteiger partial charge in [-0.2, -0.15) is 0 Å². The lowest BCUT2D eigenvalue weighted by Crippen LogP contribution is -2.47. The Hall–Kier alpha value is -0.770. The summed E-state index contributed by atoms with van der Waals surface area (Å²) in [5.41, 5.74) is 6.63. The van der Waals surface area contributed by atoms with Crippen LogP contribution in [0.4, 0.5) is 0 Å². The second-order valence-corrected chi connectivity index (χ2v) is 6.77. The Morgan fingerprint density at radius 3 is 2.48 bits per heavy atom. The highest BCUT2D eigenvalue weighted by Crippen LogP contribution is 2.41. The van der Waals surface area contributed by atoms with Gasteiger partial charge in [0.2, 0.25) is 5.91 Å².